The Labute approximate surface area is 399 Å². The fraction of sp³-hybridized carbons (Fsp3) is 0.0952. The summed E-state index contributed by atoms with van der Waals surface area (Å²) in [6, 6.07) is 21.4. The van der Waals surface area contributed by atoms with Crippen molar-refractivity contribution in [1.82, 2.24) is 0 Å². The van der Waals surface area contributed by atoms with Gasteiger partial charge >= 0.3 is 0 Å². The zero-order valence-corrected chi connectivity index (χ0v) is 39.7. The Morgan fingerprint density at radius 3 is 1.10 bits per heavy atom. The number of nitrogens with zero attached hydrogens (tertiary/aromatic N) is 8. The monoisotopic (exact) mass is 1040 g/mol. The summed E-state index contributed by atoms with van der Waals surface area (Å²) >= 11 is 0. The van der Waals surface area contributed by atoms with Gasteiger partial charge in [0.05, 0.1) is 46.8 Å². The van der Waals surface area contributed by atoms with Gasteiger partial charge in [0.15, 0.2) is 22.9 Å². The summed E-state index contributed by atoms with van der Waals surface area (Å²) in [6.45, 7) is 3.21. The fourth-order valence-corrected chi connectivity index (χ4v) is 8.48. The molecule has 4 N–H and O–H groups in total. The largest absolute Gasteiger partial charge is 0.594 e. The molecule has 0 unspecified atom stereocenters. The summed E-state index contributed by atoms with van der Waals surface area (Å²) < 4.78 is 145. The van der Waals surface area contributed by atoms with Gasteiger partial charge in [0.2, 0.25) is 11.4 Å². The van der Waals surface area contributed by atoms with Crippen LogP contribution in [-0.2, 0) is 40.5 Å². The van der Waals surface area contributed by atoms with Crippen LogP contribution >= 0.6 is 0 Å². The average molecular weight is 1040 g/mol. The Morgan fingerprint density at radius 2 is 0.800 bits per heavy atom. The van der Waals surface area contributed by atoms with Gasteiger partial charge in [-0.2, -0.15) is 54.1 Å². The van der Waals surface area contributed by atoms with E-state index in [0.29, 0.717) is 11.1 Å². The third-order valence-electron chi connectivity index (χ3n) is 9.64. The minimum atomic E-state index is -5.07. The number of benzene rings is 6. The number of hydrogen-bond acceptors (Lipinski definition) is 18. The number of aryl methyl sites for hydroxylation is 2. The Balaban J connectivity index is 1.26. The Bertz CT molecular complexity index is 3420. The zero-order chi connectivity index (χ0) is 51.3. The van der Waals surface area contributed by atoms with Crippen LogP contribution in [0, 0.1) is 24.3 Å². The number of methoxy groups -OCH3 is 2. The highest BCUT2D eigenvalue weighted by Gasteiger charge is 2.23. The van der Waals surface area contributed by atoms with Crippen molar-refractivity contribution in [3.63, 3.8) is 0 Å². The molecule has 0 fully saturated rings. The van der Waals surface area contributed by atoms with Gasteiger partial charge in [-0.25, -0.2) is 0 Å². The number of hydrogen-bond donors (Lipinski definition) is 4. The first kappa shape index (κ1) is 51.7. The molecule has 364 valence electrons. The molecule has 0 bridgehead atoms. The maximum atomic E-state index is 13.3. The zero-order valence-electron chi connectivity index (χ0n) is 36.4. The van der Waals surface area contributed by atoms with Crippen LogP contribution in [0.5, 0.6) is 11.5 Å². The number of ether oxygens (including phenoxy) is 2. The van der Waals surface area contributed by atoms with Crippen LogP contribution in [0.25, 0.3) is 12.2 Å². The molecular formula is C42H36N8O16S4. The van der Waals surface area contributed by atoms with Gasteiger partial charge in [0, 0.05) is 46.6 Å². The summed E-state index contributed by atoms with van der Waals surface area (Å²) in [5.74, 6) is 0.0624. The lowest BCUT2D eigenvalue weighted by Gasteiger charge is -2.09. The van der Waals surface area contributed by atoms with Crippen molar-refractivity contribution in [1.29, 1.82) is 0 Å². The lowest BCUT2D eigenvalue weighted by molar-refractivity contribution is -0.435. The first-order valence-corrected chi connectivity index (χ1v) is 25.2. The van der Waals surface area contributed by atoms with E-state index >= 15 is 0 Å². The van der Waals surface area contributed by atoms with Crippen LogP contribution in [0.15, 0.2) is 159 Å². The molecule has 0 aromatic heterocycles. The summed E-state index contributed by atoms with van der Waals surface area (Å²) in [7, 11) is -16.4. The van der Waals surface area contributed by atoms with Gasteiger partial charge in [-0.1, -0.05) is 12.2 Å². The minimum absolute atomic E-state index is 0.0312. The van der Waals surface area contributed by atoms with Gasteiger partial charge < -0.3 is 19.9 Å². The molecule has 0 saturated carbocycles. The van der Waals surface area contributed by atoms with Gasteiger partial charge in [0.1, 0.15) is 9.79 Å². The van der Waals surface area contributed by atoms with E-state index < -0.39 is 50.3 Å². The van der Waals surface area contributed by atoms with Gasteiger partial charge in [0.25, 0.3) is 40.5 Å². The maximum Gasteiger partial charge on any atom is 0.295 e. The Morgan fingerprint density at radius 1 is 0.457 bits per heavy atom. The topological polar surface area (TPSA) is 362 Å². The Kier molecular flexibility index (Phi) is 15.1. The highest BCUT2D eigenvalue weighted by Crippen LogP contribution is 2.39. The van der Waals surface area contributed by atoms with Crippen molar-refractivity contribution in [2.24, 2.45) is 30.7 Å². The second kappa shape index (κ2) is 20.5. The molecule has 0 amide bonds. The standard InChI is InChI=1S/C42H36N8O16S4/c1-25-19-37(39(65-3)23-35(25)45-43-29-9-15-33(16-10-29)67(53,54)55)47-49(51)31-13-7-27(41(21-31)69(59,60)61)5-6-28-8-14-32(22-42(28)70(62,63)64)50(52)48-38-20-26(2)36(24-40(38)66-4)46-44-30-11-17-34(18-12-30)68(56,57)58/h5-24H,1-4H3,(H,53,54,55)(H,56,57,58)(H,59,60,61)(H,62,63,64)/b6-5+,45-43?,46-44?,49-47?,50-48?. The molecular weight excluding hydrogens is 1000 g/mol. The normalized spacial score (nSPS) is 13.1. The third kappa shape index (κ3) is 12.7. The molecule has 6 rings (SSSR count). The van der Waals surface area contributed by atoms with E-state index in [4.69, 9.17) is 9.47 Å². The van der Waals surface area contributed by atoms with Crippen molar-refractivity contribution < 1.29 is 71.1 Å². The van der Waals surface area contributed by atoms with E-state index in [9.17, 15) is 62.3 Å². The number of rotatable bonds is 16. The van der Waals surface area contributed by atoms with Crippen LogP contribution < -0.4 is 9.47 Å². The molecule has 0 heterocycles. The smallest absolute Gasteiger partial charge is 0.295 e. The predicted octanol–water partition coefficient (Wildman–Crippen LogP) is 10.2. The van der Waals surface area contributed by atoms with Crippen LogP contribution in [0.3, 0.4) is 0 Å². The lowest BCUT2D eigenvalue weighted by Crippen LogP contribution is -2.04. The first-order valence-electron chi connectivity index (χ1n) is 19.4. The Hall–Kier alpha value is -7.70. The van der Waals surface area contributed by atoms with Gasteiger partial charge in [-0.05, 0) is 119 Å². The highest BCUT2D eigenvalue weighted by atomic mass is 32.2. The number of azo groups is 4. The van der Waals surface area contributed by atoms with Crippen molar-refractivity contribution in [2.45, 2.75) is 33.4 Å². The molecule has 0 atom stereocenters. The molecule has 0 saturated heterocycles. The molecule has 70 heavy (non-hydrogen) atoms. The van der Waals surface area contributed by atoms with E-state index in [1.165, 1.54) is 62.8 Å². The van der Waals surface area contributed by atoms with Crippen LogP contribution in [0.1, 0.15) is 22.3 Å². The fourth-order valence-electron chi connectivity index (χ4n) is 6.11. The molecule has 28 heteroatoms. The molecule has 6 aromatic rings. The van der Waals surface area contributed by atoms with E-state index in [1.54, 1.807) is 13.8 Å². The summed E-state index contributed by atoms with van der Waals surface area (Å²) in [6.07, 6.45) is 2.12. The van der Waals surface area contributed by atoms with Gasteiger partial charge in [-0.15, -0.1) is 0 Å². The van der Waals surface area contributed by atoms with Crippen molar-refractivity contribution in [2.75, 3.05) is 14.2 Å². The molecule has 6 aromatic carbocycles. The van der Waals surface area contributed by atoms with Crippen molar-refractivity contribution in [3.8, 4) is 11.5 Å². The SMILES string of the molecule is COc1cc(N=Nc2ccc(S(=O)(=O)O)cc2)c(C)cc1N=[N+]([O-])c1ccc(/C=C/c2ccc([N+]([O-])=Nc3cc(C)c(N=Nc4ccc(S(=O)(=O)O)cc4)cc3OC)cc2S(=O)(=O)O)c(S(=O)(=O)O)c1. The van der Waals surface area contributed by atoms with Crippen LogP contribution in [0.4, 0.5) is 45.5 Å². The molecule has 24 nitrogen and oxygen atoms in total. The third-order valence-corrected chi connectivity index (χ3v) is 13.2. The second-order valence-electron chi connectivity index (χ2n) is 14.4. The van der Waals surface area contributed by atoms with E-state index in [0.717, 1.165) is 72.8 Å². The molecule has 0 aliphatic rings. The van der Waals surface area contributed by atoms with E-state index in [1.807, 2.05) is 0 Å². The van der Waals surface area contributed by atoms with Crippen molar-refractivity contribution in [3.05, 3.63) is 142 Å². The van der Waals surface area contributed by atoms with Crippen molar-refractivity contribution >= 4 is 98.1 Å². The summed E-state index contributed by atoms with van der Waals surface area (Å²) in [5.41, 5.74) is 0.545. The van der Waals surface area contributed by atoms with Crippen LogP contribution in [-0.4, -0.2) is 75.8 Å². The molecule has 0 radical (unpaired) electrons. The lowest BCUT2D eigenvalue weighted by atomic mass is 10.1. The van der Waals surface area contributed by atoms with Crippen LogP contribution in [0.2, 0.25) is 0 Å². The minimum Gasteiger partial charge on any atom is -0.594 e. The summed E-state index contributed by atoms with van der Waals surface area (Å²) in [4.78, 5) is -2.20. The average Bonchev–Trinajstić information content (AvgIpc) is 3.29. The maximum absolute atomic E-state index is 13.3. The molecule has 0 aliphatic carbocycles. The molecule has 0 spiro atoms. The highest BCUT2D eigenvalue weighted by molar-refractivity contribution is 7.86. The second-order valence-corrected chi connectivity index (χ2v) is 20.1. The quantitative estimate of drug-likeness (QED) is 0.0230. The van der Waals surface area contributed by atoms with E-state index in [2.05, 4.69) is 30.7 Å². The summed E-state index contributed by atoms with van der Waals surface area (Å²) in [5, 5.41) is 50.9. The predicted molar refractivity (Wildman–Crippen MR) is 249 cm³/mol. The molecule has 0 aliphatic heterocycles. The van der Waals surface area contributed by atoms with E-state index in [-0.39, 0.29) is 87.6 Å². The van der Waals surface area contributed by atoms with Gasteiger partial charge in [-0.3, -0.25) is 18.2 Å². The first-order chi connectivity index (χ1) is 32.7.